The van der Waals surface area contributed by atoms with E-state index in [2.05, 4.69) is 128 Å². The van der Waals surface area contributed by atoms with E-state index < -0.39 is 21.3 Å². The maximum atomic E-state index is 2.73. The molecule has 2 rings (SSSR count). The van der Waals surface area contributed by atoms with E-state index in [1.165, 1.54) is 33.4 Å². The van der Waals surface area contributed by atoms with Gasteiger partial charge in [-0.25, -0.2) is 0 Å². The van der Waals surface area contributed by atoms with Crippen molar-refractivity contribution in [2.75, 3.05) is 0 Å². The maximum absolute atomic E-state index is 3.03. The molecule has 31 heavy (non-hydrogen) atoms. The minimum atomic E-state index is -3.03. The summed E-state index contributed by atoms with van der Waals surface area (Å²) < 4.78 is 3.24. The zero-order valence-corrected chi connectivity index (χ0v) is 25.2. The van der Waals surface area contributed by atoms with Crippen molar-refractivity contribution in [3.63, 3.8) is 0 Å². The molecule has 0 aliphatic heterocycles. The molecule has 0 saturated carbocycles. The van der Waals surface area contributed by atoms with Crippen LogP contribution in [0, 0.1) is 47.0 Å². The average molecular weight is 493 g/mol. The second-order valence-electron chi connectivity index (χ2n) is 11.8. The van der Waals surface area contributed by atoms with Crippen LogP contribution in [-0.4, -0.2) is 21.3 Å². The standard InChI is InChI=1S/C29H44GeSi/c1-21-17-23(3)27(24(4)18-21)30(14-13-29(7,8)9,15-16-31(10,11)12)28-25(5)19-22(2)20-26(28)6/h13-20H,1-12H3/b14-13+,16-15+. The molecule has 0 amide bonds. The molecule has 0 saturated heterocycles. The molecule has 2 aromatic rings. The van der Waals surface area contributed by atoms with E-state index in [0.717, 1.165) is 0 Å². The summed E-state index contributed by atoms with van der Waals surface area (Å²) in [5, 5.41) is 0. The van der Waals surface area contributed by atoms with Crippen LogP contribution in [0.25, 0.3) is 0 Å². The third-order valence-corrected chi connectivity index (χ3v) is 17.4. The van der Waals surface area contributed by atoms with Crippen LogP contribution < -0.4 is 8.79 Å². The van der Waals surface area contributed by atoms with E-state index in [0.29, 0.717) is 0 Å². The molecule has 0 heterocycles. The number of hydrogen-bond donors (Lipinski definition) is 0. The Morgan fingerprint density at radius 1 is 0.645 bits per heavy atom. The van der Waals surface area contributed by atoms with Gasteiger partial charge in [-0.15, -0.1) is 0 Å². The van der Waals surface area contributed by atoms with E-state index in [1.807, 2.05) is 0 Å². The number of allylic oxidation sites excluding steroid dienone is 1. The first kappa shape index (κ1) is 25.9. The van der Waals surface area contributed by atoms with Gasteiger partial charge >= 0.3 is 197 Å². The van der Waals surface area contributed by atoms with Crippen molar-refractivity contribution < 1.29 is 0 Å². The van der Waals surface area contributed by atoms with Gasteiger partial charge in [0.15, 0.2) is 0 Å². The van der Waals surface area contributed by atoms with Crippen LogP contribution in [0.15, 0.2) is 45.9 Å². The zero-order valence-electron chi connectivity index (χ0n) is 22.1. The van der Waals surface area contributed by atoms with Crippen LogP contribution in [0.5, 0.6) is 0 Å². The number of benzene rings is 2. The molecule has 0 aromatic heterocycles. The molecule has 0 aliphatic carbocycles. The van der Waals surface area contributed by atoms with Crippen molar-refractivity contribution in [1.82, 2.24) is 0 Å². The molecule has 0 radical (unpaired) electrons. The fraction of sp³-hybridized carbons (Fsp3) is 0.448. The summed E-state index contributed by atoms with van der Waals surface area (Å²) >= 11 is -3.03. The first-order valence-corrected chi connectivity index (χ1v) is 19.7. The van der Waals surface area contributed by atoms with Crippen molar-refractivity contribution in [3.8, 4) is 0 Å². The third kappa shape index (κ3) is 6.35. The van der Waals surface area contributed by atoms with Crippen molar-refractivity contribution in [2.45, 2.75) is 82.0 Å². The summed E-state index contributed by atoms with van der Waals surface area (Å²) in [6.45, 7) is 28.1. The first-order chi connectivity index (χ1) is 14.1. The molecule has 0 nitrogen and oxygen atoms in total. The van der Waals surface area contributed by atoms with Gasteiger partial charge in [-0.3, -0.25) is 0 Å². The SMILES string of the molecule is Cc1cc(C)[c]([Ge](/[CH]=C/C(C)(C)C)(/[CH]=C/[Si](C)(C)C)[c]2c(C)cc(C)cc2C)c(C)c1. The Morgan fingerprint density at radius 3 is 1.29 bits per heavy atom. The Kier molecular flexibility index (Phi) is 7.76. The Hall–Kier alpha value is -1.32. The summed E-state index contributed by atoms with van der Waals surface area (Å²) in [5.74, 6) is 0. The van der Waals surface area contributed by atoms with E-state index in [9.17, 15) is 0 Å². The zero-order chi connectivity index (χ0) is 23.8. The summed E-state index contributed by atoms with van der Waals surface area (Å²) in [4.78, 5) is 5.41. The summed E-state index contributed by atoms with van der Waals surface area (Å²) in [5.41, 5.74) is 11.3. The van der Waals surface area contributed by atoms with Gasteiger partial charge in [0.2, 0.25) is 0 Å². The van der Waals surface area contributed by atoms with Gasteiger partial charge in [-0.05, 0) is 0 Å². The molecule has 0 unspecified atom stereocenters. The number of rotatable bonds is 5. The summed E-state index contributed by atoms with van der Waals surface area (Å²) in [7, 11) is -1.37. The van der Waals surface area contributed by atoms with Gasteiger partial charge < -0.3 is 0 Å². The fourth-order valence-electron chi connectivity index (χ4n) is 4.94. The number of hydrogen-bond acceptors (Lipinski definition) is 0. The topological polar surface area (TPSA) is 0 Å². The van der Waals surface area contributed by atoms with Crippen LogP contribution in [0.2, 0.25) is 19.6 Å². The number of aryl methyl sites for hydroxylation is 6. The predicted molar refractivity (Wildman–Crippen MR) is 147 cm³/mol. The van der Waals surface area contributed by atoms with Crippen LogP contribution in [-0.2, 0) is 0 Å². The normalized spacial score (nSPS) is 13.5. The average Bonchev–Trinajstić information content (AvgIpc) is 2.54. The van der Waals surface area contributed by atoms with Gasteiger partial charge in [0.25, 0.3) is 0 Å². The van der Waals surface area contributed by atoms with E-state index in [4.69, 9.17) is 0 Å². The first-order valence-electron chi connectivity index (χ1n) is 11.6. The van der Waals surface area contributed by atoms with Crippen LogP contribution in [0.1, 0.15) is 54.2 Å². The second-order valence-corrected chi connectivity index (χ2v) is 24.0. The molecule has 0 spiro atoms. The molecular weight excluding hydrogens is 449 g/mol. The van der Waals surface area contributed by atoms with Crippen LogP contribution in [0.3, 0.4) is 0 Å². The Balaban J connectivity index is 3.11. The summed E-state index contributed by atoms with van der Waals surface area (Å²) in [6.07, 6.45) is 2.50. The predicted octanol–water partition coefficient (Wildman–Crippen LogP) is 7.21. The van der Waals surface area contributed by atoms with E-state index in [1.54, 1.807) is 8.79 Å². The molecular formula is C29H44GeSi. The van der Waals surface area contributed by atoms with Gasteiger partial charge in [-0.1, -0.05) is 0 Å². The minimum absolute atomic E-state index is 0.155. The molecule has 0 aliphatic rings. The monoisotopic (exact) mass is 494 g/mol. The van der Waals surface area contributed by atoms with Crippen molar-refractivity contribution in [3.05, 3.63) is 79.2 Å². The third-order valence-electron chi connectivity index (χ3n) is 5.87. The fourth-order valence-corrected chi connectivity index (χ4v) is 20.3. The van der Waals surface area contributed by atoms with E-state index >= 15 is 0 Å². The van der Waals surface area contributed by atoms with Crippen molar-refractivity contribution >= 4 is 30.1 Å². The molecule has 0 fully saturated rings. The van der Waals surface area contributed by atoms with Gasteiger partial charge in [0.05, 0.1) is 0 Å². The molecule has 2 aromatic carbocycles. The van der Waals surface area contributed by atoms with Crippen LogP contribution >= 0.6 is 0 Å². The van der Waals surface area contributed by atoms with Crippen LogP contribution in [0.4, 0.5) is 0 Å². The van der Waals surface area contributed by atoms with Gasteiger partial charge in [0, 0.05) is 0 Å². The Bertz CT molecular complexity index is 880. The molecule has 0 N–H and O–H groups in total. The summed E-state index contributed by atoms with van der Waals surface area (Å²) in [6, 6.07) is 9.59. The Labute approximate surface area is 196 Å². The van der Waals surface area contributed by atoms with Crippen molar-refractivity contribution in [1.29, 1.82) is 0 Å². The molecule has 2 heteroatoms. The molecule has 0 bridgehead atoms. The Morgan fingerprint density at radius 2 is 1.00 bits per heavy atom. The van der Waals surface area contributed by atoms with Crippen molar-refractivity contribution in [2.24, 2.45) is 5.41 Å². The molecule has 168 valence electrons. The van der Waals surface area contributed by atoms with Gasteiger partial charge in [-0.2, -0.15) is 0 Å². The molecule has 0 atom stereocenters. The quantitative estimate of drug-likeness (QED) is 0.386. The van der Waals surface area contributed by atoms with Gasteiger partial charge in [0.1, 0.15) is 0 Å². The second kappa shape index (κ2) is 9.27. The van der Waals surface area contributed by atoms with E-state index in [-0.39, 0.29) is 5.41 Å².